The lowest BCUT2D eigenvalue weighted by Crippen LogP contribution is -2.36. The van der Waals surface area contributed by atoms with Gasteiger partial charge in [-0.25, -0.2) is 0 Å². The molecule has 0 atom stereocenters. The van der Waals surface area contributed by atoms with Crippen LogP contribution in [0.3, 0.4) is 0 Å². The van der Waals surface area contributed by atoms with E-state index in [2.05, 4.69) is 0 Å². The first-order chi connectivity index (χ1) is 5.57. The van der Waals surface area contributed by atoms with E-state index in [1.54, 1.807) is 4.90 Å². The van der Waals surface area contributed by atoms with Crippen LogP contribution in [0.15, 0.2) is 0 Å². The molecular formula is C8H19N3O. The molecule has 12 heavy (non-hydrogen) atoms. The maximum absolute atomic E-state index is 11.3. The minimum atomic E-state index is 0.147. The Labute approximate surface area is 74.3 Å². The molecule has 2 N–H and O–H groups in total. The van der Waals surface area contributed by atoms with Gasteiger partial charge in [-0.15, -0.1) is 0 Å². The molecule has 0 saturated heterocycles. The van der Waals surface area contributed by atoms with Crippen molar-refractivity contribution in [3.63, 3.8) is 0 Å². The number of hydrogen-bond acceptors (Lipinski definition) is 3. The Balaban J connectivity index is 3.61. The molecule has 0 aromatic heterocycles. The number of nitrogens with zero attached hydrogens (tertiary/aromatic N) is 2. The van der Waals surface area contributed by atoms with Crippen LogP contribution in [0.5, 0.6) is 0 Å². The summed E-state index contributed by atoms with van der Waals surface area (Å²) >= 11 is 0. The van der Waals surface area contributed by atoms with Crippen molar-refractivity contribution in [1.82, 2.24) is 9.80 Å². The predicted octanol–water partition coefficient (Wildman–Crippen LogP) is -0.645. The van der Waals surface area contributed by atoms with Gasteiger partial charge < -0.3 is 15.5 Å². The molecule has 0 heterocycles. The quantitative estimate of drug-likeness (QED) is 0.601. The van der Waals surface area contributed by atoms with Crippen LogP contribution >= 0.6 is 0 Å². The van der Waals surface area contributed by atoms with E-state index in [1.807, 2.05) is 26.0 Å². The van der Waals surface area contributed by atoms with Crippen molar-refractivity contribution in [2.45, 2.75) is 6.42 Å². The van der Waals surface area contributed by atoms with Crippen molar-refractivity contribution in [3.8, 4) is 0 Å². The van der Waals surface area contributed by atoms with E-state index in [-0.39, 0.29) is 5.91 Å². The summed E-state index contributed by atoms with van der Waals surface area (Å²) in [4.78, 5) is 14.9. The molecule has 0 aliphatic rings. The second-order valence-corrected chi connectivity index (χ2v) is 3.20. The average Bonchev–Trinajstić information content (AvgIpc) is 1.98. The third-order valence-electron chi connectivity index (χ3n) is 1.57. The van der Waals surface area contributed by atoms with Gasteiger partial charge >= 0.3 is 0 Å². The molecule has 0 saturated carbocycles. The van der Waals surface area contributed by atoms with Crippen LogP contribution in [0.4, 0.5) is 0 Å². The van der Waals surface area contributed by atoms with E-state index >= 15 is 0 Å². The molecule has 0 aromatic rings. The standard InChI is InChI=1S/C8H19N3O/c1-10(2)7-8(12)11(3)6-4-5-9/h4-7,9H2,1-3H3. The maximum Gasteiger partial charge on any atom is 0.236 e. The zero-order chi connectivity index (χ0) is 9.56. The van der Waals surface area contributed by atoms with Crippen molar-refractivity contribution in [1.29, 1.82) is 0 Å². The number of hydrogen-bond donors (Lipinski definition) is 1. The first-order valence-corrected chi connectivity index (χ1v) is 4.16. The highest BCUT2D eigenvalue weighted by Gasteiger charge is 2.07. The van der Waals surface area contributed by atoms with E-state index in [1.165, 1.54) is 0 Å². The van der Waals surface area contributed by atoms with Crippen LogP contribution in [0.2, 0.25) is 0 Å². The number of carbonyl (C=O) groups is 1. The minimum absolute atomic E-state index is 0.147. The number of nitrogens with two attached hydrogens (primary N) is 1. The molecule has 0 aromatic carbocycles. The van der Waals surface area contributed by atoms with Crippen molar-refractivity contribution >= 4 is 5.91 Å². The van der Waals surface area contributed by atoms with Gasteiger partial charge in [-0.2, -0.15) is 0 Å². The third kappa shape index (κ3) is 5.09. The molecule has 0 aliphatic heterocycles. The Morgan fingerprint density at radius 1 is 1.33 bits per heavy atom. The highest BCUT2D eigenvalue weighted by Crippen LogP contribution is 1.88. The minimum Gasteiger partial charge on any atom is -0.345 e. The predicted molar refractivity (Wildman–Crippen MR) is 49.9 cm³/mol. The first-order valence-electron chi connectivity index (χ1n) is 4.16. The third-order valence-corrected chi connectivity index (χ3v) is 1.57. The second-order valence-electron chi connectivity index (χ2n) is 3.20. The van der Waals surface area contributed by atoms with Crippen LogP contribution in [-0.2, 0) is 4.79 Å². The summed E-state index contributed by atoms with van der Waals surface area (Å²) in [7, 11) is 5.57. The van der Waals surface area contributed by atoms with Gasteiger partial charge in [-0.3, -0.25) is 4.79 Å². The van der Waals surface area contributed by atoms with Gasteiger partial charge in [0.05, 0.1) is 6.54 Å². The lowest BCUT2D eigenvalue weighted by atomic mass is 10.4. The van der Waals surface area contributed by atoms with E-state index in [0.29, 0.717) is 13.1 Å². The largest absolute Gasteiger partial charge is 0.345 e. The molecule has 72 valence electrons. The average molecular weight is 173 g/mol. The number of carbonyl (C=O) groups excluding carboxylic acids is 1. The van der Waals surface area contributed by atoms with Gasteiger partial charge in [0.15, 0.2) is 0 Å². The molecular weight excluding hydrogens is 154 g/mol. The SMILES string of the molecule is CN(C)CC(=O)N(C)CCCN. The molecule has 0 aliphatic carbocycles. The molecule has 4 heteroatoms. The number of amides is 1. The Hall–Kier alpha value is -0.610. The van der Waals surface area contributed by atoms with Crippen LogP contribution in [-0.4, -0.2) is 56.5 Å². The molecule has 0 bridgehead atoms. The first kappa shape index (κ1) is 11.4. The molecule has 1 amide bonds. The Kier molecular flexibility index (Phi) is 5.66. The Morgan fingerprint density at radius 2 is 1.92 bits per heavy atom. The van der Waals surface area contributed by atoms with E-state index in [4.69, 9.17) is 5.73 Å². The number of likely N-dealkylation sites (N-methyl/N-ethyl adjacent to an activating group) is 2. The fraction of sp³-hybridized carbons (Fsp3) is 0.875. The summed E-state index contributed by atoms with van der Waals surface area (Å²) in [6.45, 7) is 1.86. The lowest BCUT2D eigenvalue weighted by Gasteiger charge is -2.18. The fourth-order valence-electron chi connectivity index (χ4n) is 0.844. The lowest BCUT2D eigenvalue weighted by molar-refractivity contribution is -0.130. The van der Waals surface area contributed by atoms with Gasteiger partial charge in [0, 0.05) is 13.6 Å². The topological polar surface area (TPSA) is 49.6 Å². The van der Waals surface area contributed by atoms with Gasteiger partial charge in [0.1, 0.15) is 0 Å². The van der Waals surface area contributed by atoms with Gasteiger partial charge in [-0.05, 0) is 27.1 Å². The summed E-state index contributed by atoms with van der Waals surface area (Å²) < 4.78 is 0. The summed E-state index contributed by atoms with van der Waals surface area (Å²) in [6, 6.07) is 0. The Bertz CT molecular complexity index is 136. The van der Waals surface area contributed by atoms with Crippen LogP contribution in [0.25, 0.3) is 0 Å². The van der Waals surface area contributed by atoms with Crippen molar-refractivity contribution < 1.29 is 4.79 Å². The van der Waals surface area contributed by atoms with Crippen LogP contribution < -0.4 is 5.73 Å². The van der Waals surface area contributed by atoms with E-state index in [0.717, 1.165) is 13.0 Å². The van der Waals surface area contributed by atoms with Gasteiger partial charge in [-0.1, -0.05) is 0 Å². The molecule has 0 fully saturated rings. The summed E-state index contributed by atoms with van der Waals surface area (Å²) in [5.41, 5.74) is 5.33. The monoisotopic (exact) mass is 173 g/mol. The molecule has 4 nitrogen and oxygen atoms in total. The Morgan fingerprint density at radius 3 is 2.33 bits per heavy atom. The van der Waals surface area contributed by atoms with Crippen molar-refractivity contribution in [2.24, 2.45) is 5.73 Å². The van der Waals surface area contributed by atoms with Crippen molar-refractivity contribution in [3.05, 3.63) is 0 Å². The highest BCUT2D eigenvalue weighted by molar-refractivity contribution is 5.77. The van der Waals surface area contributed by atoms with Gasteiger partial charge in [0.25, 0.3) is 0 Å². The number of rotatable bonds is 5. The zero-order valence-corrected chi connectivity index (χ0v) is 8.21. The maximum atomic E-state index is 11.3. The summed E-state index contributed by atoms with van der Waals surface area (Å²) in [6.07, 6.45) is 0.871. The van der Waals surface area contributed by atoms with E-state index in [9.17, 15) is 4.79 Å². The molecule has 0 unspecified atom stereocenters. The molecule has 0 radical (unpaired) electrons. The summed E-state index contributed by atoms with van der Waals surface area (Å²) in [5.74, 6) is 0.147. The molecule has 0 spiro atoms. The molecule has 0 rings (SSSR count). The fourth-order valence-corrected chi connectivity index (χ4v) is 0.844. The van der Waals surface area contributed by atoms with Crippen LogP contribution in [0, 0.1) is 0 Å². The summed E-state index contributed by atoms with van der Waals surface area (Å²) in [5, 5.41) is 0. The highest BCUT2D eigenvalue weighted by atomic mass is 16.2. The van der Waals surface area contributed by atoms with Crippen molar-refractivity contribution in [2.75, 3.05) is 40.8 Å². The second kappa shape index (κ2) is 5.97. The normalized spacial score (nSPS) is 10.4. The van der Waals surface area contributed by atoms with E-state index < -0.39 is 0 Å². The zero-order valence-electron chi connectivity index (χ0n) is 8.21. The van der Waals surface area contributed by atoms with Crippen LogP contribution in [0.1, 0.15) is 6.42 Å². The smallest absolute Gasteiger partial charge is 0.236 e. The van der Waals surface area contributed by atoms with Gasteiger partial charge in [0.2, 0.25) is 5.91 Å².